The summed E-state index contributed by atoms with van der Waals surface area (Å²) in [6.45, 7) is 2.11. The van der Waals surface area contributed by atoms with Gasteiger partial charge in [0, 0.05) is 6.04 Å². The molecule has 2 amide bonds. The SMILES string of the molecule is Cc1ccccc1CCC(C(=O)N1C2CCC1(C(N)=O)CC2)c1ccccc1. The fourth-order valence-electron chi connectivity index (χ4n) is 5.16. The molecule has 2 N–H and O–H groups in total. The maximum Gasteiger partial charge on any atom is 0.243 e. The summed E-state index contributed by atoms with van der Waals surface area (Å²) in [5, 5.41) is 0. The summed E-state index contributed by atoms with van der Waals surface area (Å²) < 4.78 is 0. The van der Waals surface area contributed by atoms with E-state index in [0.717, 1.165) is 31.2 Å². The number of nitrogens with two attached hydrogens (primary N) is 1. The fraction of sp³-hybridized carbons (Fsp3) is 0.417. The van der Waals surface area contributed by atoms with Crippen LogP contribution in [0.3, 0.4) is 0 Å². The number of benzene rings is 2. The van der Waals surface area contributed by atoms with Crippen LogP contribution in [0, 0.1) is 6.92 Å². The molecule has 1 atom stereocenters. The van der Waals surface area contributed by atoms with Crippen LogP contribution < -0.4 is 5.73 Å². The van der Waals surface area contributed by atoms with Gasteiger partial charge in [0.15, 0.2) is 0 Å². The van der Waals surface area contributed by atoms with Gasteiger partial charge in [-0.1, -0.05) is 54.6 Å². The summed E-state index contributed by atoms with van der Waals surface area (Å²) in [6, 6.07) is 18.5. The van der Waals surface area contributed by atoms with E-state index in [-0.39, 0.29) is 23.8 Å². The number of carbonyl (C=O) groups excluding carboxylic acids is 2. The lowest BCUT2D eigenvalue weighted by Gasteiger charge is -2.35. The van der Waals surface area contributed by atoms with E-state index in [1.54, 1.807) is 0 Å². The van der Waals surface area contributed by atoms with Crippen molar-refractivity contribution in [3.63, 3.8) is 0 Å². The molecule has 4 heteroatoms. The highest BCUT2D eigenvalue weighted by Gasteiger charge is 2.58. The lowest BCUT2D eigenvalue weighted by Crippen LogP contribution is -2.55. The molecule has 2 aromatic carbocycles. The summed E-state index contributed by atoms with van der Waals surface area (Å²) in [5.74, 6) is -0.525. The highest BCUT2D eigenvalue weighted by molar-refractivity contribution is 5.94. The van der Waals surface area contributed by atoms with Gasteiger partial charge in [-0.25, -0.2) is 0 Å². The molecular weight excluding hydrogens is 348 g/mol. The van der Waals surface area contributed by atoms with Crippen LogP contribution in [-0.4, -0.2) is 28.3 Å². The van der Waals surface area contributed by atoms with Crippen LogP contribution >= 0.6 is 0 Å². The average molecular weight is 377 g/mol. The van der Waals surface area contributed by atoms with E-state index < -0.39 is 5.54 Å². The third-order valence-electron chi connectivity index (χ3n) is 6.77. The summed E-state index contributed by atoms with van der Waals surface area (Å²) in [6.07, 6.45) is 4.74. The van der Waals surface area contributed by atoms with Crippen LogP contribution in [-0.2, 0) is 16.0 Å². The van der Waals surface area contributed by atoms with Gasteiger partial charge in [-0.3, -0.25) is 9.59 Å². The van der Waals surface area contributed by atoms with Crippen LogP contribution in [0.2, 0.25) is 0 Å². The molecule has 2 heterocycles. The molecule has 0 aliphatic carbocycles. The normalized spacial score (nSPS) is 24.3. The van der Waals surface area contributed by atoms with Gasteiger partial charge in [-0.05, 0) is 62.1 Å². The van der Waals surface area contributed by atoms with Crippen molar-refractivity contribution in [2.24, 2.45) is 5.73 Å². The fourth-order valence-corrected chi connectivity index (χ4v) is 5.16. The Morgan fingerprint density at radius 2 is 1.71 bits per heavy atom. The second-order valence-electron chi connectivity index (χ2n) is 8.26. The molecule has 2 saturated heterocycles. The minimum Gasteiger partial charge on any atom is -0.368 e. The maximum atomic E-state index is 13.7. The molecule has 2 aliphatic rings. The predicted molar refractivity (Wildman–Crippen MR) is 110 cm³/mol. The number of nitrogens with zero attached hydrogens (tertiary/aromatic N) is 1. The van der Waals surface area contributed by atoms with Gasteiger partial charge in [0.2, 0.25) is 11.8 Å². The van der Waals surface area contributed by atoms with E-state index in [1.165, 1.54) is 11.1 Å². The van der Waals surface area contributed by atoms with Crippen LogP contribution in [0.4, 0.5) is 0 Å². The monoisotopic (exact) mass is 376 g/mol. The Hall–Kier alpha value is -2.62. The van der Waals surface area contributed by atoms with Crippen LogP contribution in [0.1, 0.15) is 54.7 Å². The number of carbonyl (C=O) groups is 2. The van der Waals surface area contributed by atoms with Crippen LogP contribution in [0.5, 0.6) is 0 Å². The quantitative estimate of drug-likeness (QED) is 0.835. The number of primary amides is 1. The zero-order valence-corrected chi connectivity index (χ0v) is 16.4. The smallest absolute Gasteiger partial charge is 0.243 e. The Labute approximate surface area is 166 Å². The van der Waals surface area contributed by atoms with Crippen LogP contribution in [0.25, 0.3) is 0 Å². The molecule has 0 radical (unpaired) electrons. The Bertz CT molecular complexity index is 869. The first kappa shape index (κ1) is 18.7. The predicted octanol–water partition coefficient (Wildman–Crippen LogP) is 3.72. The molecular formula is C24H28N2O2. The highest BCUT2D eigenvalue weighted by Crippen LogP contribution is 2.48. The molecule has 146 valence electrons. The van der Waals surface area contributed by atoms with Crippen molar-refractivity contribution in [2.45, 2.75) is 62.9 Å². The van der Waals surface area contributed by atoms with E-state index >= 15 is 0 Å². The van der Waals surface area contributed by atoms with Crippen molar-refractivity contribution < 1.29 is 9.59 Å². The van der Waals surface area contributed by atoms with Crippen molar-refractivity contribution in [1.29, 1.82) is 0 Å². The minimum atomic E-state index is -0.766. The molecule has 1 unspecified atom stereocenters. The molecule has 2 bridgehead atoms. The molecule has 28 heavy (non-hydrogen) atoms. The first-order valence-electron chi connectivity index (χ1n) is 10.3. The molecule has 2 aliphatic heterocycles. The Morgan fingerprint density at radius 1 is 1.07 bits per heavy atom. The Balaban J connectivity index is 1.63. The molecule has 2 aromatic rings. The molecule has 0 spiro atoms. The van der Waals surface area contributed by atoms with Gasteiger partial charge in [0.1, 0.15) is 5.54 Å². The van der Waals surface area contributed by atoms with Gasteiger partial charge < -0.3 is 10.6 Å². The lowest BCUT2D eigenvalue weighted by atomic mass is 9.86. The highest BCUT2D eigenvalue weighted by atomic mass is 16.2. The average Bonchev–Trinajstić information content (AvgIpc) is 3.27. The summed E-state index contributed by atoms with van der Waals surface area (Å²) >= 11 is 0. The van der Waals surface area contributed by atoms with E-state index in [1.807, 2.05) is 47.4 Å². The molecule has 0 saturated carbocycles. The van der Waals surface area contributed by atoms with E-state index in [4.69, 9.17) is 5.73 Å². The van der Waals surface area contributed by atoms with Gasteiger partial charge in [-0.2, -0.15) is 0 Å². The van der Waals surface area contributed by atoms with Crippen molar-refractivity contribution >= 4 is 11.8 Å². The number of amides is 2. The first-order chi connectivity index (χ1) is 13.5. The maximum absolute atomic E-state index is 13.7. The van der Waals surface area contributed by atoms with E-state index in [0.29, 0.717) is 12.8 Å². The number of aryl methyl sites for hydroxylation is 2. The molecule has 4 rings (SSSR count). The number of fused-ring (bicyclic) bond motifs is 2. The van der Waals surface area contributed by atoms with E-state index in [9.17, 15) is 9.59 Å². The topological polar surface area (TPSA) is 63.4 Å². The largest absolute Gasteiger partial charge is 0.368 e. The van der Waals surface area contributed by atoms with Crippen molar-refractivity contribution in [3.05, 3.63) is 71.3 Å². The lowest BCUT2D eigenvalue weighted by molar-refractivity contribution is -0.144. The number of hydrogen-bond donors (Lipinski definition) is 1. The van der Waals surface area contributed by atoms with Crippen molar-refractivity contribution in [2.75, 3.05) is 0 Å². The second-order valence-corrected chi connectivity index (χ2v) is 8.26. The Kier molecular flexibility index (Phi) is 4.96. The first-order valence-corrected chi connectivity index (χ1v) is 10.3. The second kappa shape index (κ2) is 7.42. The van der Waals surface area contributed by atoms with Gasteiger partial charge in [0.25, 0.3) is 0 Å². The zero-order chi connectivity index (χ0) is 19.7. The Morgan fingerprint density at radius 3 is 2.36 bits per heavy atom. The van der Waals surface area contributed by atoms with Gasteiger partial charge in [0.05, 0.1) is 5.92 Å². The molecule has 4 nitrogen and oxygen atoms in total. The standard InChI is InChI=1S/C24H28N2O2/c1-17-7-5-6-8-18(17)11-12-21(19-9-3-2-4-10-19)22(27)26-20-13-15-24(26,16-14-20)23(25)28/h2-10,20-21H,11-16H2,1H3,(H2,25,28). The summed E-state index contributed by atoms with van der Waals surface area (Å²) in [5.41, 5.74) is 8.56. The van der Waals surface area contributed by atoms with Crippen LogP contribution in [0.15, 0.2) is 54.6 Å². The summed E-state index contributed by atoms with van der Waals surface area (Å²) in [4.78, 5) is 27.9. The zero-order valence-electron chi connectivity index (χ0n) is 16.4. The number of hydrogen-bond acceptors (Lipinski definition) is 2. The molecule has 2 fully saturated rings. The van der Waals surface area contributed by atoms with Gasteiger partial charge >= 0.3 is 0 Å². The van der Waals surface area contributed by atoms with Crippen molar-refractivity contribution in [3.8, 4) is 0 Å². The molecule has 0 aromatic heterocycles. The minimum absolute atomic E-state index is 0.0681. The number of rotatable bonds is 6. The summed E-state index contributed by atoms with van der Waals surface area (Å²) in [7, 11) is 0. The van der Waals surface area contributed by atoms with Crippen molar-refractivity contribution in [1.82, 2.24) is 4.90 Å². The van der Waals surface area contributed by atoms with E-state index in [2.05, 4.69) is 19.1 Å². The third-order valence-corrected chi connectivity index (χ3v) is 6.77. The van der Waals surface area contributed by atoms with Gasteiger partial charge in [-0.15, -0.1) is 0 Å². The third kappa shape index (κ3) is 3.11.